The summed E-state index contributed by atoms with van der Waals surface area (Å²) in [6.07, 6.45) is 2.51. The van der Waals surface area contributed by atoms with Gasteiger partial charge in [-0.15, -0.1) is 0 Å². The van der Waals surface area contributed by atoms with E-state index in [4.69, 9.17) is 0 Å². The van der Waals surface area contributed by atoms with Crippen molar-refractivity contribution in [3.8, 4) is 0 Å². The Kier molecular flexibility index (Phi) is 3.45. The Morgan fingerprint density at radius 3 is 3.00 bits per heavy atom. The molecule has 1 aliphatic rings. The van der Waals surface area contributed by atoms with Gasteiger partial charge in [0.05, 0.1) is 5.52 Å². The number of sulfonamides is 1. The molecule has 2 heterocycles. The summed E-state index contributed by atoms with van der Waals surface area (Å²) in [7, 11) is -3.54. The van der Waals surface area contributed by atoms with Crippen LogP contribution in [0.4, 0.5) is 0 Å². The van der Waals surface area contributed by atoms with E-state index >= 15 is 0 Å². The molecule has 0 aliphatic carbocycles. The van der Waals surface area contributed by atoms with Crippen molar-refractivity contribution in [3.05, 3.63) is 36.0 Å². The molecule has 1 atom stereocenters. The molecule has 1 saturated heterocycles. The average Bonchev–Trinajstić information content (AvgIpc) is 2.89. The minimum absolute atomic E-state index is 0.0410. The second-order valence-electron chi connectivity index (χ2n) is 5.15. The standard InChI is InChI=1S/C14H17N3O2S/c1-10-7-11-3-2-4-13(14(11)16-8-10)20(18,19)17-12-5-6-15-9-12/h2-4,7-8,12,15,17H,5-6,9H2,1H3/t12-/m0/s1. The fraction of sp³-hybridized carbons (Fsp3) is 0.357. The predicted molar refractivity (Wildman–Crippen MR) is 78.1 cm³/mol. The van der Waals surface area contributed by atoms with Crippen LogP contribution in [-0.4, -0.2) is 32.5 Å². The number of hydrogen-bond donors (Lipinski definition) is 2. The zero-order chi connectivity index (χ0) is 14.2. The lowest BCUT2D eigenvalue weighted by Gasteiger charge is -2.13. The summed E-state index contributed by atoms with van der Waals surface area (Å²) in [5.41, 5.74) is 1.54. The van der Waals surface area contributed by atoms with Crippen molar-refractivity contribution >= 4 is 20.9 Å². The smallest absolute Gasteiger partial charge is 0.243 e. The van der Waals surface area contributed by atoms with Gasteiger partial charge in [0, 0.05) is 24.2 Å². The zero-order valence-corrected chi connectivity index (χ0v) is 12.1. The molecule has 2 aromatic rings. The minimum Gasteiger partial charge on any atom is -0.315 e. The Morgan fingerprint density at radius 2 is 2.25 bits per heavy atom. The van der Waals surface area contributed by atoms with Crippen LogP contribution in [-0.2, 0) is 10.0 Å². The number of aromatic nitrogens is 1. The van der Waals surface area contributed by atoms with E-state index in [0.717, 1.165) is 23.9 Å². The Balaban J connectivity index is 2.04. The SMILES string of the molecule is Cc1cnc2c(S(=O)(=O)N[C@H]3CCNC3)cccc2c1. The van der Waals surface area contributed by atoms with Crippen LogP contribution in [0.1, 0.15) is 12.0 Å². The van der Waals surface area contributed by atoms with Gasteiger partial charge >= 0.3 is 0 Å². The van der Waals surface area contributed by atoms with Crippen molar-refractivity contribution in [3.63, 3.8) is 0 Å². The normalized spacial score (nSPS) is 19.6. The first kappa shape index (κ1) is 13.5. The molecule has 2 N–H and O–H groups in total. The van der Waals surface area contributed by atoms with E-state index in [-0.39, 0.29) is 10.9 Å². The molecule has 20 heavy (non-hydrogen) atoms. The molecule has 1 aromatic carbocycles. The van der Waals surface area contributed by atoms with E-state index in [0.29, 0.717) is 12.1 Å². The van der Waals surface area contributed by atoms with Crippen molar-refractivity contribution in [1.82, 2.24) is 15.0 Å². The molecule has 0 spiro atoms. The minimum atomic E-state index is -3.54. The monoisotopic (exact) mass is 291 g/mol. The highest BCUT2D eigenvalue weighted by Gasteiger charge is 2.24. The third-order valence-electron chi connectivity index (χ3n) is 3.48. The molecule has 0 radical (unpaired) electrons. The first-order valence-corrected chi connectivity index (χ1v) is 8.13. The van der Waals surface area contributed by atoms with Crippen LogP contribution in [0, 0.1) is 6.92 Å². The molecule has 1 aliphatic heterocycles. The third kappa shape index (κ3) is 2.54. The predicted octanol–water partition coefficient (Wildman–Crippen LogP) is 1.18. The highest BCUT2D eigenvalue weighted by atomic mass is 32.2. The summed E-state index contributed by atoms with van der Waals surface area (Å²) in [5.74, 6) is 0. The molecule has 1 fully saturated rings. The largest absolute Gasteiger partial charge is 0.315 e. The Hall–Kier alpha value is -1.50. The number of benzene rings is 1. The number of nitrogens with zero attached hydrogens (tertiary/aromatic N) is 1. The molecule has 5 nitrogen and oxygen atoms in total. The number of hydrogen-bond acceptors (Lipinski definition) is 4. The molecule has 106 valence electrons. The lowest BCUT2D eigenvalue weighted by Crippen LogP contribution is -2.36. The second kappa shape index (κ2) is 5.12. The van der Waals surface area contributed by atoms with E-state index in [1.807, 2.05) is 19.1 Å². The molecule has 0 saturated carbocycles. The summed E-state index contributed by atoms with van der Waals surface area (Å²) >= 11 is 0. The highest BCUT2D eigenvalue weighted by molar-refractivity contribution is 7.89. The quantitative estimate of drug-likeness (QED) is 0.891. The van der Waals surface area contributed by atoms with Crippen LogP contribution in [0.5, 0.6) is 0 Å². The summed E-state index contributed by atoms with van der Waals surface area (Å²) < 4.78 is 27.8. The van der Waals surface area contributed by atoms with Crippen molar-refractivity contribution < 1.29 is 8.42 Å². The number of nitrogens with one attached hydrogen (secondary N) is 2. The van der Waals surface area contributed by atoms with E-state index in [1.165, 1.54) is 0 Å². The molecular weight excluding hydrogens is 274 g/mol. The van der Waals surface area contributed by atoms with Crippen LogP contribution in [0.15, 0.2) is 35.4 Å². The summed E-state index contributed by atoms with van der Waals surface area (Å²) in [6, 6.07) is 7.14. The molecule has 0 amide bonds. The van der Waals surface area contributed by atoms with E-state index in [9.17, 15) is 8.42 Å². The average molecular weight is 291 g/mol. The fourth-order valence-corrected chi connectivity index (χ4v) is 3.95. The van der Waals surface area contributed by atoms with Gasteiger partial charge in [-0.25, -0.2) is 13.1 Å². The first-order chi connectivity index (χ1) is 9.56. The second-order valence-corrected chi connectivity index (χ2v) is 6.83. The number of rotatable bonds is 3. The molecule has 0 unspecified atom stereocenters. The molecule has 3 rings (SSSR count). The summed E-state index contributed by atoms with van der Waals surface area (Å²) in [5, 5.41) is 3.99. The molecular formula is C14H17N3O2S. The van der Waals surface area contributed by atoms with Crippen molar-refractivity contribution in [2.45, 2.75) is 24.3 Å². The zero-order valence-electron chi connectivity index (χ0n) is 11.3. The molecule has 6 heteroatoms. The summed E-state index contributed by atoms with van der Waals surface area (Å²) in [4.78, 5) is 4.54. The van der Waals surface area contributed by atoms with Gasteiger partial charge in [0.15, 0.2) is 0 Å². The highest BCUT2D eigenvalue weighted by Crippen LogP contribution is 2.22. The number of para-hydroxylation sites is 1. The van der Waals surface area contributed by atoms with Gasteiger partial charge in [-0.1, -0.05) is 12.1 Å². The van der Waals surface area contributed by atoms with E-state index in [1.54, 1.807) is 18.3 Å². The van der Waals surface area contributed by atoms with Crippen LogP contribution >= 0.6 is 0 Å². The van der Waals surface area contributed by atoms with Crippen LogP contribution < -0.4 is 10.0 Å². The van der Waals surface area contributed by atoms with Gasteiger partial charge in [0.1, 0.15) is 4.90 Å². The number of fused-ring (bicyclic) bond motifs is 1. The van der Waals surface area contributed by atoms with Gasteiger partial charge in [0.2, 0.25) is 10.0 Å². The Labute approximate surface area is 118 Å². The number of aryl methyl sites for hydroxylation is 1. The van der Waals surface area contributed by atoms with Gasteiger partial charge in [0.25, 0.3) is 0 Å². The molecule has 0 bridgehead atoms. The summed E-state index contributed by atoms with van der Waals surface area (Å²) in [6.45, 7) is 3.47. The lowest BCUT2D eigenvalue weighted by molar-refractivity contribution is 0.561. The van der Waals surface area contributed by atoms with E-state index < -0.39 is 10.0 Å². The third-order valence-corrected chi connectivity index (χ3v) is 5.03. The van der Waals surface area contributed by atoms with Crippen LogP contribution in [0.25, 0.3) is 10.9 Å². The van der Waals surface area contributed by atoms with Gasteiger partial charge in [-0.3, -0.25) is 4.98 Å². The van der Waals surface area contributed by atoms with Crippen molar-refractivity contribution in [2.24, 2.45) is 0 Å². The van der Waals surface area contributed by atoms with Crippen LogP contribution in [0.2, 0.25) is 0 Å². The maximum atomic E-state index is 12.5. The first-order valence-electron chi connectivity index (χ1n) is 6.65. The van der Waals surface area contributed by atoms with E-state index in [2.05, 4.69) is 15.0 Å². The number of pyridine rings is 1. The topological polar surface area (TPSA) is 71.1 Å². The maximum absolute atomic E-state index is 12.5. The van der Waals surface area contributed by atoms with Crippen LogP contribution in [0.3, 0.4) is 0 Å². The molecule has 1 aromatic heterocycles. The van der Waals surface area contributed by atoms with Crippen molar-refractivity contribution in [1.29, 1.82) is 0 Å². The van der Waals surface area contributed by atoms with Crippen molar-refractivity contribution in [2.75, 3.05) is 13.1 Å². The lowest BCUT2D eigenvalue weighted by atomic mass is 10.2. The fourth-order valence-electron chi connectivity index (χ4n) is 2.50. The Bertz CT molecular complexity index is 737. The van der Waals surface area contributed by atoms with Gasteiger partial charge in [-0.2, -0.15) is 0 Å². The Morgan fingerprint density at radius 1 is 1.40 bits per heavy atom. The van der Waals surface area contributed by atoms with Gasteiger partial charge in [-0.05, 0) is 37.6 Å². The van der Waals surface area contributed by atoms with Gasteiger partial charge < -0.3 is 5.32 Å². The maximum Gasteiger partial charge on any atom is 0.243 e.